The molecule has 6 aromatic rings. The van der Waals surface area contributed by atoms with Crippen LogP contribution < -0.4 is 10.9 Å². The predicted molar refractivity (Wildman–Crippen MR) is 162 cm³/mol. The molecule has 3 heterocycles. The molecule has 0 spiro atoms. The van der Waals surface area contributed by atoms with Crippen molar-refractivity contribution < 1.29 is 9.59 Å². The molecule has 0 bridgehead atoms. The van der Waals surface area contributed by atoms with E-state index in [1.54, 1.807) is 6.07 Å². The van der Waals surface area contributed by atoms with E-state index in [1.807, 2.05) is 108 Å². The summed E-state index contributed by atoms with van der Waals surface area (Å²) in [5.74, 6) is -0.0389. The maximum Gasteiger partial charge on any atom is 0.279 e. The van der Waals surface area contributed by atoms with E-state index in [0.717, 1.165) is 38.4 Å². The van der Waals surface area contributed by atoms with Gasteiger partial charge in [-0.25, -0.2) is 4.68 Å². The van der Waals surface area contributed by atoms with E-state index in [-0.39, 0.29) is 11.7 Å². The van der Waals surface area contributed by atoms with Gasteiger partial charge in [0.25, 0.3) is 5.91 Å². The number of rotatable bonds is 7. The summed E-state index contributed by atoms with van der Waals surface area (Å²) in [6.07, 6.45) is 0. The number of amides is 2. The molecule has 0 radical (unpaired) electrons. The number of nitrogens with one attached hydrogen (secondary N) is 2. The van der Waals surface area contributed by atoms with Gasteiger partial charge in [0.1, 0.15) is 4.83 Å². The molecule has 0 atom stereocenters. The molecular formula is C30H25N7O2S2. The molecule has 3 aromatic heterocycles. The Labute approximate surface area is 244 Å². The first kappa shape index (κ1) is 26.5. The van der Waals surface area contributed by atoms with Crippen molar-refractivity contribution in [3.05, 3.63) is 107 Å². The molecule has 0 fully saturated rings. The van der Waals surface area contributed by atoms with Crippen LogP contribution in [0.4, 0.5) is 0 Å². The number of hydrogen-bond donors (Lipinski definition) is 2. The maximum absolute atomic E-state index is 12.9. The number of hydrazine groups is 1. The van der Waals surface area contributed by atoms with Crippen LogP contribution in [0.3, 0.4) is 0 Å². The molecule has 6 rings (SSSR count). The number of carbonyl (C=O) groups excluding carboxylic acids is 2. The van der Waals surface area contributed by atoms with E-state index in [1.165, 1.54) is 23.1 Å². The second-order valence-corrected chi connectivity index (χ2v) is 11.3. The minimum absolute atomic E-state index is 0.0354. The molecule has 0 saturated carbocycles. The number of aryl methyl sites for hydroxylation is 2. The third-order valence-corrected chi connectivity index (χ3v) is 8.41. The van der Waals surface area contributed by atoms with Crippen LogP contribution in [0.5, 0.6) is 0 Å². The molecule has 0 unspecified atom stereocenters. The number of aromatic nitrogens is 5. The van der Waals surface area contributed by atoms with E-state index in [0.29, 0.717) is 15.9 Å². The lowest BCUT2D eigenvalue weighted by molar-refractivity contribution is -0.119. The Morgan fingerprint density at radius 3 is 2.24 bits per heavy atom. The Morgan fingerprint density at radius 1 is 0.854 bits per heavy atom. The summed E-state index contributed by atoms with van der Waals surface area (Å²) in [7, 11) is 0. The predicted octanol–water partition coefficient (Wildman–Crippen LogP) is 5.50. The third-order valence-electron chi connectivity index (χ3n) is 6.37. The first-order valence-electron chi connectivity index (χ1n) is 12.8. The fourth-order valence-corrected chi connectivity index (χ4v) is 6.15. The Hall–Kier alpha value is -4.74. The molecule has 9 nitrogen and oxygen atoms in total. The summed E-state index contributed by atoms with van der Waals surface area (Å²) in [5.41, 5.74) is 9.75. The molecule has 3 aromatic carbocycles. The lowest BCUT2D eigenvalue weighted by Gasteiger charge is -2.11. The monoisotopic (exact) mass is 579 g/mol. The largest absolute Gasteiger partial charge is 0.279 e. The van der Waals surface area contributed by atoms with Crippen molar-refractivity contribution in [1.29, 1.82) is 0 Å². The first-order valence-corrected chi connectivity index (χ1v) is 14.6. The van der Waals surface area contributed by atoms with Crippen molar-refractivity contribution in [1.82, 2.24) is 35.4 Å². The zero-order chi connectivity index (χ0) is 28.3. The molecule has 2 amide bonds. The summed E-state index contributed by atoms with van der Waals surface area (Å²) in [5, 5.41) is 14.9. The number of para-hydroxylation sites is 2. The van der Waals surface area contributed by atoms with Gasteiger partial charge in [-0.3, -0.25) is 25.0 Å². The Balaban J connectivity index is 1.14. The summed E-state index contributed by atoms with van der Waals surface area (Å²) >= 11 is 2.56. The van der Waals surface area contributed by atoms with Gasteiger partial charge in [0, 0.05) is 16.6 Å². The van der Waals surface area contributed by atoms with Crippen molar-refractivity contribution in [2.75, 3.05) is 5.75 Å². The van der Waals surface area contributed by atoms with Gasteiger partial charge in [-0.15, -0.1) is 21.5 Å². The van der Waals surface area contributed by atoms with Crippen LogP contribution in [0.1, 0.15) is 20.9 Å². The highest BCUT2D eigenvalue weighted by molar-refractivity contribution is 7.99. The number of benzene rings is 3. The topological polar surface area (TPSA) is 107 Å². The fourth-order valence-electron chi connectivity index (χ4n) is 4.32. The van der Waals surface area contributed by atoms with E-state index in [9.17, 15) is 9.59 Å². The fraction of sp³-hybridized carbons (Fsp3) is 0.100. The maximum atomic E-state index is 12.9. The van der Waals surface area contributed by atoms with Gasteiger partial charge in [0.15, 0.2) is 11.0 Å². The second-order valence-electron chi connectivity index (χ2n) is 9.30. The highest BCUT2D eigenvalue weighted by Gasteiger charge is 2.19. The van der Waals surface area contributed by atoms with E-state index >= 15 is 0 Å². The minimum Gasteiger partial charge on any atom is -0.272 e. The van der Waals surface area contributed by atoms with Gasteiger partial charge < -0.3 is 0 Å². The number of thiophene rings is 1. The summed E-state index contributed by atoms with van der Waals surface area (Å²) in [6, 6.07) is 29.4. The molecule has 2 N–H and O–H groups in total. The third kappa shape index (κ3) is 5.49. The van der Waals surface area contributed by atoms with Gasteiger partial charge in [0.05, 0.1) is 22.0 Å². The van der Waals surface area contributed by atoms with Crippen LogP contribution in [-0.2, 0) is 4.79 Å². The first-order chi connectivity index (χ1) is 20.0. The van der Waals surface area contributed by atoms with Crippen molar-refractivity contribution >= 4 is 45.1 Å². The standard InChI is InChI=1S/C30H25N7O2S2/c1-19-13-15-21(16-14-19)27-32-34-30(36(27)22-9-5-3-6-10-22)40-18-26(38)31-33-28(39)25-17-24-20(2)35-37(29(24)41-25)23-11-7-4-8-12-23/h3-17H,18H2,1-2H3,(H,31,38)(H,33,39). The van der Waals surface area contributed by atoms with Gasteiger partial charge in [-0.1, -0.05) is 78.0 Å². The molecule has 41 heavy (non-hydrogen) atoms. The van der Waals surface area contributed by atoms with Crippen LogP contribution in [0, 0.1) is 13.8 Å². The average Bonchev–Trinajstić information content (AvgIpc) is 3.71. The lowest BCUT2D eigenvalue weighted by atomic mass is 10.1. The summed E-state index contributed by atoms with van der Waals surface area (Å²) < 4.78 is 3.76. The van der Waals surface area contributed by atoms with Gasteiger partial charge in [0.2, 0.25) is 5.91 Å². The van der Waals surface area contributed by atoms with E-state index in [4.69, 9.17) is 0 Å². The molecule has 204 valence electrons. The zero-order valence-electron chi connectivity index (χ0n) is 22.2. The normalized spacial score (nSPS) is 11.1. The summed E-state index contributed by atoms with van der Waals surface area (Å²) in [4.78, 5) is 27.0. The van der Waals surface area contributed by atoms with Crippen molar-refractivity contribution in [2.24, 2.45) is 0 Å². The SMILES string of the molecule is Cc1ccc(-c2nnc(SCC(=O)NNC(=O)c3cc4c(C)nn(-c5ccccc5)c4s3)n2-c2ccccc2)cc1. The van der Waals surface area contributed by atoms with Gasteiger partial charge in [-0.2, -0.15) is 5.10 Å². The van der Waals surface area contributed by atoms with Crippen LogP contribution in [0.15, 0.2) is 96.2 Å². The van der Waals surface area contributed by atoms with Crippen LogP contribution in [0.2, 0.25) is 0 Å². The quantitative estimate of drug-likeness (QED) is 0.191. The molecule has 11 heteroatoms. The Morgan fingerprint density at radius 2 is 1.54 bits per heavy atom. The summed E-state index contributed by atoms with van der Waals surface area (Å²) in [6.45, 7) is 3.94. The van der Waals surface area contributed by atoms with E-state index in [2.05, 4.69) is 26.1 Å². The molecular weight excluding hydrogens is 555 g/mol. The number of fused-ring (bicyclic) bond motifs is 1. The molecule has 0 saturated heterocycles. The van der Waals surface area contributed by atoms with Gasteiger partial charge >= 0.3 is 0 Å². The number of hydrogen-bond acceptors (Lipinski definition) is 7. The Bertz CT molecular complexity index is 1840. The van der Waals surface area contributed by atoms with Crippen LogP contribution in [0.25, 0.3) is 33.0 Å². The zero-order valence-corrected chi connectivity index (χ0v) is 23.9. The lowest BCUT2D eigenvalue weighted by Crippen LogP contribution is -2.42. The second kappa shape index (κ2) is 11.4. The highest BCUT2D eigenvalue weighted by atomic mass is 32.2. The number of thioether (sulfide) groups is 1. The van der Waals surface area contributed by atoms with Crippen molar-refractivity contribution in [2.45, 2.75) is 19.0 Å². The molecule has 0 aliphatic rings. The van der Waals surface area contributed by atoms with Crippen LogP contribution >= 0.6 is 23.1 Å². The average molecular weight is 580 g/mol. The minimum atomic E-state index is -0.391. The molecule has 0 aliphatic carbocycles. The highest BCUT2D eigenvalue weighted by Crippen LogP contribution is 2.31. The Kier molecular flexibility index (Phi) is 7.36. The molecule has 0 aliphatic heterocycles. The smallest absolute Gasteiger partial charge is 0.272 e. The van der Waals surface area contributed by atoms with Gasteiger partial charge in [-0.05, 0) is 44.2 Å². The number of nitrogens with zero attached hydrogens (tertiary/aromatic N) is 5. The number of carbonyl (C=O) groups is 2. The van der Waals surface area contributed by atoms with Crippen LogP contribution in [-0.4, -0.2) is 42.1 Å². The van der Waals surface area contributed by atoms with Crippen molar-refractivity contribution in [3.63, 3.8) is 0 Å². The van der Waals surface area contributed by atoms with E-state index < -0.39 is 5.91 Å². The van der Waals surface area contributed by atoms with Crippen molar-refractivity contribution in [3.8, 4) is 22.8 Å².